The van der Waals surface area contributed by atoms with E-state index in [1.807, 2.05) is 0 Å². The molecule has 2 aromatic carbocycles. The van der Waals surface area contributed by atoms with Gasteiger partial charge >= 0.3 is 5.97 Å². The first kappa shape index (κ1) is 19.1. The molecule has 6 heteroatoms. The fourth-order valence-electron chi connectivity index (χ4n) is 3.09. The Bertz CT molecular complexity index is 979. The van der Waals surface area contributed by atoms with E-state index in [1.165, 1.54) is 13.2 Å². The molecule has 0 radical (unpaired) electrons. The highest BCUT2D eigenvalue weighted by Gasteiger charge is 2.32. The predicted octanol–water partition coefficient (Wildman–Crippen LogP) is 3.35. The monoisotopic (exact) mass is 378 g/mol. The summed E-state index contributed by atoms with van der Waals surface area (Å²) < 4.78 is 10.7. The summed E-state index contributed by atoms with van der Waals surface area (Å²) in [4.78, 5) is 36.0. The SMILES string of the molecule is C=CCc1cc(C=C2C(=O)c3ccccc3C2=O)cc(OC)c1OCC(=O)O. The molecule has 142 valence electrons. The van der Waals surface area contributed by atoms with Crippen molar-refractivity contribution in [3.05, 3.63) is 76.9 Å². The van der Waals surface area contributed by atoms with Crippen LogP contribution in [0.4, 0.5) is 0 Å². The summed E-state index contributed by atoms with van der Waals surface area (Å²) >= 11 is 0. The Kier molecular flexibility index (Phi) is 5.40. The third kappa shape index (κ3) is 3.57. The molecule has 1 aliphatic carbocycles. The molecule has 0 heterocycles. The number of aliphatic carboxylic acids is 1. The molecule has 1 aliphatic rings. The van der Waals surface area contributed by atoms with Gasteiger partial charge in [-0.2, -0.15) is 0 Å². The van der Waals surface area contributed by atoms with E-state index in [4.69, 9.17) is 14.6 Å². The average molecular weight is 378 g/mol. The Morgan fingerprint density at radius 2 is 1.79 bits per heavy atom. The summed E-state index contributed by atoms with van der Waals surface area (Å²) in [5.41, 5.74) is 2.06. The fraction of sp³-hybridized carbons (Fsp3) is 0.136. The summed E-state index contributed by atoms with van der Waals surface area (Å²) in [6, 6.07) is 10.0. The molecule has 0 fully saturated rings. The first-order valence-corrected chi connectivity index (χ1v) is 8.52. The fourth-order valence-corrected chi connectivity index (χ4v) is 3.09. The van der Waals surface area contributed by atoms with E-state index in [0.717, 1.165) is 0 Å². The first-order chi connectivity index (χ1) is 13.5. The van der Waals surface area contributed by atoms with Gasteiger partial charge in [0.05, 0.1) is 12.7 Å². The Morgan fingerprint density at radius 3 is 2.32 bits per heavy atom. The molecule has 0 aliphatic heterocycles. The van der Waals surface area contributed by atoms with E-state index in [-0.39, 0.29) is 17.1 Å². The highest BCUT2D eigenvalue weighted by Crippen LogP contribution is 2.35. The number of carboxylic acids is 1. The minimum atomic E-state index is -1.11. The number of hydrogen-bond acceptors (Lipinski definition) is 5. The average Bonchev–Trinajstić information content (AvgIpc) is 2.92. The van der Waals surface area contributed by atoms with Gasteiger partial charge in [-0.3, -0.25) is 9.59 Å². The molecule has 0 bridgehead atoms. The van der Waals surface area contributed by atoms with Gasteiger partial charge in [0.25, 0.3) is 0 Å². The molecule has 1 N–H and O–H groups in total. The number of ketones is 2. The molecule has 0 saturated carbocycles. The molecule has 0 atom stereocenters. The summed E-state index contributed by atoms with van der Waals surface area (Å²) in [7, 11) is 1.43. The smallest absolute Gasteiger partial charge is 0.341 e. The standard InChI is InChI=1S/C22H18O6/c1-3-6-14-9-13(11-18(27-2)22(14)28-12-19(23)24)10-17-20(25)15-7-4-5-8-16(15)21(17)26/h3-5,7-11H,1,6,12H2,2H3,(H,23,24). The van der Waals surface area contributed by atoms with Gasteiger partial charge in [0.2, 0.25) is 0 Å². The van der Waals surface area contributed by atoms with Crippen LogP contribution in [0.5, 0.6) is 11.5 Å². The third-order valence-electron chi connectivity index (χ3n) is 4.29. The first-order valence-electron chi connectivity index (χ1n) is 8.52. The maximum Gasteiger partial charge on any atom is 0.341 e. The second-order valence-electron chi connectivity index (χ2n) is 6.15. The van der Waals surface area contributed by atoms with Crippen LogP contribution in [-0.4, -0.2) is 36.4 Å². The van der Waals surface area contributed by atoms with Crippen molar-refractivity contribution in [1.82, 2.24) is 0 Å². The van der Waals surface area contributed by atoms with Crippen LogP contribution < -0.4 is 9.47 Å². The molecule has 0 saturated heterocycles. The van der Waals surface area contributed by atoms with Gasteiger partial charge in [0, 0.05) is 16.7 Å². The number of carboxylic acid groups (broad SMARTS) is 1. The van der Waals surface area contributed by atoms with Crippen molar-refractivity contribution >= 4 is 23.6 Å². The van der Waals surface area contributed by atoms with E-state index in [0.29, 0.717) is 40.2 Å². The van der Waals surface area contributed by atoms with Crippen molar-refractivity contribution in [3.63, 3.8) is 0 Å². The van der Waals surface area contributed by atoms with Crippen LogP contribution in [0.1, 0.15) is 31.8 Å². The summed E-state index contributed by atoms with van der Waals surface area (Å²) in [5, 5.41) is 8.88. The van der Waals surface area contributed by atoms with Crippen molar-refractivity contribution < 1.29 is 29.0 Å². The van der Waals surface area contributed by atoms with Crippen LogP contribution in [0, 0.1) is 0 Å². The van der Waals surface area contributed by atoms with Crippen LogP contribution in [0.25, 0.3) is 6.08 Å². The second-order valence-corrected chi connectivity index (χ2v) is 6.15. The molecule has 28 heavy (non-hydrogen) atoms. The number of allylic oxidation sites excluding steroid dienone is 2. The van der Waals surface area contributed by atoms with E-state index in [1.54, 1.807) is 42.5 Å². The number of fused-ring (bicyclic) bond motifs is 1. The summed E-state index contributed by atoms with van der Waals surface area (Å²) in [6.45, 7) is 3.18. The Labute approximate surface area is 161 Å². The number of benzene rings is 2. The molecule has 2 aromatic rings. The lowest BCUT2D eigenvalue weighted by atomic mass is 10.0. The maximum atomic E-state index is 12.6. The second kappa shape index (κ2) is 7.92. The number of rotatable bonds is 7. The number of Topliss-reactive ketones (excluding diaryl/α,β-unsaturated/α-hetero) is 2. The summed E-state index contributed by atoms with van der Waals surface area (Å²) in [6.07, 6.45) is 3.55. The molecule has 6 nitrogen and oxygen atoms in total. The van der Waals surface area contributed by atoms with Gasteiger partial charge in [-0.05, 0) is 30.2 Å². The van der Waals surface area contributed by atoms with E-state index < -0.39 is 12.6 Å². The van der Waals surface area contributed by atoms with Crippen LogP contribution in [0.15, 0.2) is 54.6 Å². The zero-order chi connectivity index (χ0) is 20.3. The van der Waals surface area contributed by atoms with Crippen LogP contribution in [0.2, 0.25) is 0 Å². The van der Waals surface area contributed by atoms with Crippen LogP contribution >= 0.6 is 0 Å². The van der Waals surface area contributed by atoms with Crippen LogP contribution in [0.3, 0.4) is 0 Å². The van der Waals surface area contributed by atoms with Gasteiger partial charge in [-0.25, -0.2) is 4.79 Å². The lowest BCUT2D eigenvalue weighted by molar-refractivity contribution is -0.139. The maximum absolute atomic E-state index is 12.6. The molecule has 0 amide bonds. The number of methoxy groups -OCH3 is 1. The van der Waals surface area contributed by atoms with E-state index in [2.05, 4.69) is 6.58 Å². The zero-order valence-corrected chi connectivity index (χ0v) is 15.2. The van der Waals surface area contributed by atoms with Crippen molar-refractivity contribution in [3.8, 4) is 11.5 Å². The number of carbonyl (C=O) groups excluding carboxylic acids is 2. The van der Waals surface area contributed by atoms with Gasteiger partial charge < -0.3 is 14.6 Å². The number of hydrogen-bond donors (Lipinski definition) is 1. The Hall–Kier alpha value is -3.67. The molecular formula is C22H18O6. The van der Waals surface area contributed by atoms with E-state index in [9.17, 15) is 14.4 Å². The van der Waals surface area contributed by atoms with Crippen molar-refractivity contribution in [2.24, 2.45) is 0 Å². The highest BCUT2D eigenvalue weighted by molar-refractivity contribution is 6.41. The van der Waals surface area contributed by atoms with Crippen molar-refractivity contribution in [2.75, 3.05) is 13.7 Å². The number of carbonyl (C=O) groups is 3. The van der Waals surface area contributed by atoms with Gasteiger partial charge in [0.1, 0.15) is 0 Å². The van der Waals surface area contributed by atoms with Crippen molar-refractivity contribution in [1.29, 1.82) is 0 Å². The van der Waals surface area contributed by atoms with Crippen LogP contribution in [-0.2, 0) is 11.2 Å². The molecule has 0 unspecified atom stereocenters. The minimum Gasteiger partial charge on any atom is -0.493 e. The lowest BCUT2D eigenvalue weighted by Gasteiger charge is -2.15. The highest BCUT2D eigenvalue weighted by atomic mass is 16.5. The zero-order valence-electron chi connectivity index (χ0n) is 15.2. The minimum absolute atomic E-state index is 0.0759. The lowest BCUT2D eigenvalue weighted by Crippen LogP contribution is -2.11. The third-order valence-corrected chi connectivity index (χ3v) is 4.29. The van der Waals surface area contributed by atoms with E-state index >= 15 is 0 Å². The molecule has 0 aromatic heterocycles. The van der Waals surface area contributed by atoms with Gasteiger partial charge in [-0.15, -0.1) is 6.58 Å². The topological polar surface area (TPSA) is 89.9 Å². The molecular weight excluding hydrogens is 360 g/mol. The molecule has 3 rings (SSSR count). The quantitative estimate of drug-likeness (QED) is 0.451. The summed E-state index contributed by atoms with van der Waals surface area (Å²) in [5.74, 6) is -1.16. The largest absolute Gasteiger partial charge is 0.493 e. The van der Waals surface area contributed by atoms with Gasteiger partial charge in [-0.1, -0.05) is 30.3 Å². The molecule has 0 spiro atoms. The number of ether oxygens (including phenoxy) is 2. The predicted molar refractivity (Wildman–Crippen MR) is 103 cm³/mol. The van der Waals surface area contributed by atoms with Crippen molar-refractivity contribution in [2.45, 2.75) is 6.42 Å². The Morgan fingerprint density at radius 1 is 1.14 bits per heavy atom. The normalized spacial score (nSPS) is 12.5. The Balaban J connectivity index is 2.05. The van der Waals surface area contributed by atoms with Gasteiger partial charge in [0.15, 0.2) is 29.7 Å².